The zero-order chi connectivity index (χ0) is 23.3. The Morgan fingerprint density at radius 1 is 0.903 bits per heavy atom. The van der Waals surface area contributed by atoms with Gasteiger partial charge in [-0.25, -0.2) is 4.79 Å². The highest BCUT2D eigenvalue weighted by atomic mass is 32.2. The number of hydrogen-bond donors (Lipinski definition) is 3. The van der Waals surface area contributed by atoms with Crippen LogP contribution in [-0.2, 0) is 23.8 Å². The molecule has 13 heteroatoms. The van der Waals surface area contributed by atoms with E-state index in [0.717, 1.165) is 0 Å². The molecular formula is C18H30N6O6S. The van der Waals surface area contributed by atoms with Crippen molar-refractivity contribution in [2.75, 3.05) is 49.2 Å². The SMILES string of the molecule is CCOC(=O)CNc1nc(NCC(=O)OCC)nc(SCCNC(=O)OC(C)(C)C)n1. The van der Waals surface area contributed by atoms with Gasteiger partial charge < -0.3 is 30.2 Å². The fourth-order valence-electron chi connectivity index (χ4n) is 1.92. The van der Waals surface area contributed by atoms with Crippen molar-refractivity contribution in [2.45, 2.75) is 45.4 Å². The Balaban J connectivity index is 2.70. The number of esters is 2. The monoisotopic (exact) mass is 458 g/mol. The summed E-state index contributed by atoms with van der Waals surface area (Å²) in [6.45, 7) is 9.34. The fraction of sp³-hybridized carbons (Fsp3) is 0.667. The lowest BCUT2D eigenvalue weighted by molar-refractivity contribution is -0.141. The van der Waals surface area contributed by atoms with Crippen LogP contribution in [0, 0.1) is 0 Å². The predicted molar refractivity (Wildman–Crippen MR) is 115 cm³/mol. The molecule has 0 aliphatic rings. The zero-order valence-corrected chi connectivity index (χ0v) is 19.3. The quantitative estimate of drug-likeness (QED) is 0.180. The van der Waals surface area contributed by atoms with Gasteiger partial charge in [0.05, 0.1) is 13.2 Å². The van der Waals surface area contributed by atoms with Gasteiger partial charge in [0.15, 0.2) is 5.16 Å². The first-order valence-electron chi connectivity index (χ1n) is 9.77. The number of amides is 1. The van der Waals surface area contributed by atoms with Crippen LogP contribution >= 0.6 is 11.8 Å². The summed E-state index contributed by atoms with van der Waals surface area (Å²) in [4.78, 5) is 47.4. The smallest absolute Gasteiger partial charge is 0.407 e. The van der Waals surface area contributed by atoms with Gasteiger partial charge in [0, 0.05) is 12.3 Å². The van der Waals surface area contributed by atoms with Gasteiger partial charge in [0.25, 0.3) is 0 Å². The molecule has 0 unspecified atom stereocenters. The Labute approximate surface area is 185 Å². The van der Waals surface area contributed by atoms with E-state index < -0.39 is 23.6 Å². The highest BCUT2D eigenvalue weighted by Gasteiger charge is 2.16. The van der Waals surface area contributed by atoms with E-state index in [4.69, 9.17) is 14.2 Å². The molecule has 0 saturated heterocycles. The van der Waals surface area contributed by atoms with E-state index in [1.807, 2.05) is 0 Å². The molecular weight excluding hydrogens is 428 g/mol. The maximum atomic E-state index is 11.7. The van der Waals surface area contributed by atoms with Crippen LogP contribution in [0.3, 0.4) is 0 Å². The second-order valence-corrected chi connectivity index (χ2v) is 7.92. The molecule has 174 valence electrons. The fourth-order valence-corrected chi connectivity index (χ4v) is 2.60. The van der Waals surface area contributed by atoms with E-state index in [-0.39, 0.29) is 38.2 Å². The molecule has 0 aliphatic heterocycles. The van der Waals surface area contributed by atoms with Crippen molar-refractivity contribution in [1.29, 1.82) is 0 Å². The summed E-state index contributed by atoms with van der Waals surface area (Å²) in [7, 11) is 0. The lowest BCUT2D eigenvalue weighted by Gasteiger charge is -2.19. The van der Waals surface area contributed by atoms with E-state index in [0.29, 0.717) is 17.5 Å². The van der Waals surface area contributed by atoms with Crippen molar-refractivity contribution in [3.63, 3.8) is 0 Å². The van der Waals surface area contributed by atoms with Crippen LogP contribution in [0.25, 0.3) is 0 Å². The number of carbonyl (C=O) groups excluding carboxylic acids is 3. The maximum absolute atomic E-state index is 11.7. The van der Waals surface area contributed by atoms with E-state index in [1.54, 1.807) is 34.6 Å². The summed E-state index contributed by atoms with van der Waals surface area (Å²) in [5.74, 6) is -0.189. The Morgan fingerprint density at radius 3 is 1.87 bits per heavy atom. The first kappa shape index (κ1) is 26.2. The Morgan fingerprint density at radius 2 is 1.42 bits per heavy atom. The number of hydrogen-bond acceptors (Lipinski definition) is 12. The van der Waals surface area contributed by atoms with Gasteiger partial charge in [-0.05, 0) is 34.6 Å². The second-order valence-electron chi connectivity index (χ2n) is 6.86. The first-order chi connectivity index (χ1) is 14.6. The van der Waals surface area contributed by atoms with Gasteiger partial charge in [0.2, 0.25) is 11.9 Å². The molecule has 1 aromatic heterocycles. The summed E-state index contributed by atoms with van der Waals surface area (Å²) >= 11 is 1.25. The van der Waals surface area contributed by atoms with Crippen molar-refractivity contribution in [3.05, 3.63) is 0 Å². The zero-order valence-electron chi connectivity index (χ0n) is 18.4. The molecule has 0 fully saturated rings. The summed E-state index contributed by atoms with van der Waals surface area (Å²) in [5.41, 5.74) is -0.579. The van der Waals surface area contributed by atoms with Gasteiger partial charge in [0.1, 0.15) is 18.7 Å². The molecule has 1 rings (SSSR count). The van der Waals surface area contributed by atoms with Crippen LogP contribution in [0.2, 0.25) is 0 Å². The van der Waals surface area contributed by atoms with Gasteiger partial charge in [-0.1, -0.05) is 11.8 Å². The first-order valence-corrected chi connectivity index (χ1v) is 10.8. The summed E-state index contributed by atoms with van der Waals surface area (Å²) in [5, 5.41) is 8.49. The van der Waals surface area contributed by atoms with Gasteiger partial charge in [-0.15, -0.1) is 0 Å². The minimum absolute atomic E-state index is 0.126. The number of nitrogens with zero attached hydrogens (tertiary/aromatic N) is 3. The van der Waals surface area contributed by atoms with Crippen molar-refractivity contribution >= 4 is 41.7 Å². The van der Waals surface area contributed by atoms with Crippen LogP contribution in [0.5, 0.6) is 0 Å². The molecule has 0 radical (unpaired) electrons. The van der Waals surface area contributed by atoms with E-state index in [9.17, 15) is 14.4 Å². The van der Waals surface area contributed by atoms with E-state index >= 15 is 0 Å². The van der Waals surface area contributed by atoms with E-state index in [2.05, 4.69) is 30.9 Å². The largest absolute Gasteiger partial charge is 0.465 e. The number of thioether (sulfide) groups is 1. The maximum Gasteiger partial charge on any atom is 0.407 e. The van der Waals surface area contributed by atoms with Crippen LogP contribution < -0.4 is 16.0 Å². The van der Waals surface area contributed by atoms with Crippen LogP contribution in [0.1, 0.15) is 34.6 Å². The minimum atomic E-state index is -0.579. The Hall–Kier alpha value is -2.83. The summed E-state index contributed by atoms with van der Waals surface area (Å²) in [6.07, 6.45) is -0.516. The lowest BCUT2D eigenvalue weighted by Crippen LogP contribution is -2.33. The summed E-state index contributed by atoms with van der Waals surface area (Å²) < 4.78 is 14.9. The van der Waals surface area contributed by atoms with Crippen molar-refractivity contribution in [3.8, 4) is 0 Å². The third kappa shape index (κ3) is 12.5. The Kier molecular flexibility index (Phi) is 11.4. The van der Waals surface area contributed by atoms with Crippen molar-refractivity contribution in [1.82, 2.24) is 20.3 Å². The molecule has 0 spiro atoms. The molecule has 12 nitrogen and oxygen atoms in total. The molecule has 3 N–H and O–H groups in total. The predicted octanol–water partition coefficient (Wildman–Crippen LogP) is 1.44. The average Bonchev–Trinajstić information content (AvgIpc) is 2.67. The topological polar surface area (TPSA) is 154 Å². The molecule has 0 aromatic carbocycles. The number of alkyl carbamates (subject to hydrolysis) is 1. The normalized spacial score (nSPS) is 10.7. The lowest BCUT2D eigenvalue weighted by atomic mass is 10.2. The highest BCUT2D eigenvalue weighted by molar-refractivity contribution is 7.99. The van der Waals surface area contributed by atoms with Crippen molar-refractivity contribution in [2.24, 2.45) is 0 Å². The standard InChI is InChI=1S/C18H30N6O6S/c1-6-28-12(25)10-20-14-22-15(21-11-13(26)29-7-2)24-16(23-14)31-9-8-19-17(27)30-18(3,4)5/h6-11H2,1-5H3,(H,19,27)(H2,20,21,22,23,24). The molecule has 1 aromatic rings. The van der Waals surface area contributed by atoms with Crippen molar-refractivity contribution < 1.29 is 28.6 Å². The second kappa shape index (κ2) is 13.5. The van der Waals surface area contributed by atoms with E-state index in [1.165, 1.54) is 11.8 Å². The van der Waals surface area contributed by atoms with Gasteiger partial charge in [-0.3, -0.25) is 9.59 Å². The number of ether oxygens (including phenoxy) is 3. The van der Waals surface area contributed by atoms with Gasteiger partial charge >= 0.3 is 18.0 Å². The number of nitrogens with one attached hydrogen (secondary N) is 3. The van der Waals surface area contributed by atoms with Gasteiger partial charge in [-0.2, -0.15) is 15.0 Å². The molecule has 0 aliphatic carbocycles. The van der Waals surface area contributed by atoms with Crippen LogP contribution in [0.15, 0.2) is 5.16 Å². The Bertz CT molecular complexity index is 702. The molecule has 0 bridgehead atoms. The number of rotatable bonds is 12. The van der Waals surface area contributed by atoms with Crippen LogP contribution in [0.4, 0.5) is 16.7 Å². The minimum Gasteiger partial charge on any atom is -0.465 e. The molecule has 31 heavy (non-hydrogen) atoms. The highest BCUT2D eigenvalue weighted by Crippen LogP contribution is 2.16. The molecule has 0 saturated carbocycles. The number of aromatic nitrogens is 3. The van der Waals surface area contributed by atoms with Crippen LogP contribution in [-0.4, -0.2) is 77.2 Å². The molecule has 0 atom stereocenters. The third-order valence-electron chi connectivity index (χ3n) is 3.01. The number of carbonyl (C=O) groups is 3. The molecule has 1 heterocycles. The summed E-state index contributed by atoms with van der Waals surface area (Å²) in [6, 6.07) is 0. The number of anilines is 2. The average molecular weight is 459 g/mol. The third-order valence-corrected chi connectivity index (χ3v) is 3.86. The molecule has 1 amide bonds.